The third kappa shape index (κ3) is 25.7. The summed E-state index contributed by atoms with van der Waals surface area (Å²) in [6.07, 6.45) is 0. The van der Waals surface area contributed by atoms with Crippen LogP contribution in [0.1, 0.15) is 0 Å². The van der Waals surface area contributed by atoms with Gasteiger partial charge < -0.3 is 5.11 Å². The van der Waals surface area contributed by atoms with Gasteiger partial charge in [-0.1, -0.05) is 0 Å². The van der Waals surface area contributed by atoms with Gasteiger partial charge in [0, 0.05) is 65.3 Å². The van der Waals surface area contributed by atoms with Crippen LogP contribution in [0.5, 0.6) is 0 Å². The average molecular weight is 318 g/mol. The van der Waals surface area contributed by atoms with Crippen LogP contribution >= 0.6 is 0 Å². The van der Waals surface area contributed by atoms with E-state index in [-0.39, 0.29) is 58.2 Å². The second kappa shape index (κ2) is 40.9. The average Bonchev–Trinajstić information content (AvgIpc) is 1.00. The molecule has 0 unspecified atom stereocenters. The Balaban J connectivity index is -0.00000000167. The Hall–Kier alpha value is 1.82. The van der Waals surface area contributed by atoms with Crippen molar-refractivity contribution in [1.82, 2.24) is 0 Å². The molecule has 0 rings (SSSR count). The summed E-state index contributed by atoms with van der Waals surface area (Å²) < 4.78 is 0. The standard InChI is InChI=1S/CH4O.2V.W/c1-2;;;/h2H,1H3;;;. The molecule has 0 aromatic carbocycles. The van der Waals surface area contributed by atoms with Crippen LogP contribution in [-0.4, -0.2) is 12.2 Å². The topological polar surface area (TPSA) is 20.2 Å². The Morgan fingerprint density at radius 3 is 1.00 bits per heavy atom. The number of hydrogen-bond donors (Lipinski definition) is 1. The summed E-state index contributed by atoms with van der Waals surface area (Å²) in [5, 5.41) is 7.00. The van der Waals surface area contributed by atoms with Crippen molar-refractivity contribution in [3.63, 3.8) is 0 Å². The molecular formula is CH4OV2W. The Labute approximate surface area is 69.9 Å². The Morgan fingerprint density at radius 2 is 1.00 bits per heavy atom. The quantitative estimate of drug-likeness (QED) is 0.645. The summed E-state index contributed by atoms with van der Waals surface area (Å²) in [6.45, 7) is 0. The SMILES string of the molecule is CO.[V].[V].[W]. The first-order valence-electron chi connectivity index (χ1n) is 0.447. The van der Waals surface area contributed by atoms with Gasteiger partial charge in [0.05, 0.1) is 0 Å². The van der Waals surface area contributed by atoms with E-state index in [0.29, 0.717) is 0 Å². The molecule has 2 radical (unpaired) electrons. The molecule has 4 heteroatoms. The maximum absolute atomic E-state index is 7.00. The van der Waals surface area contributed by atoms with Crippen molar-refractivity contribution < 1.29 is 63.3 Å². The van der Waals surface area contributed by atoms with Gasteiger partial charge in [-0.05, 0) is 0 Å². The van der Waals surface area contributed by atoms with E-state index in [1.54, 1.807) is 0 Å². The van der Waals surface area contributed by atoms with Crippen LogP contribution in [0.2, 0.25) is 0 Å². The number of aliphatic hydroxyl groups is 1. The van der Waals surface area contributed by atoms with Gasteiger partial charge in [-0.2, -0.15) is 0 Å². The molecule has 0 heterocycles. The summed E-state index contributed by atoms with van der Waals surface area (Å²) in [7, 11) is 1.00. The molecule has 0 aromatic heterocycles. The smallest absolute Gasteiger partial charge is 0.0319 e. The van der Waals surface area contributed by atoms with Gasteiger partial charge in [0.2, 0.25) is 0 Å². The van der Waals surface area contributed by atoms with Crippen LogP contribution in [0.3, 0.4) is 0 Å². The third-order valence-corrected chi connectivity index (χ3v) is 0. The zero-order valence-corrected chi connectivity index (χ0v) is 8.48. The van der Waals surface area contributed by atoms with Crippen molar-refractivity contribution in [2.75, 3.05) is 7.11 Å². The van der Waals surface area contributed by atoms with Gasteiger partial charge in [0.15, 0.2) is 0 Å². The summed E-state index contributed by atoms with van der Waals surface area (Å²) in [5.74, 6) is 0. The maximum atomic E-state index is 7.00. The van der Waals surface area contributed by atoms with E-state index in [9.17, 15) is 0 Å². The Morgan fingerprint density at radius 1 is 1.00 bits per heavy atom. The molecule has 0 saturated heterocycles. The monoisotopic (exact) mass is 318 g/mol. The fourth-order valence-corrected chi connectivity index (χ4v) is 0. The minimum atomic E-state index is 0. The van der Waals surface area contributed by atoms with Crippen LogP contribution < -0.4 is 0 Å². The molecule has 0 atom stereocenters. The van der Waals surface area contributed by atoms with Crippen molar-refractivity contribution >= 4 is 0 Å². The molecule has 0 aliphatic carbocycles. The summed E-state index contributed by atoms with van der Waals surface area (Å²) in [4.78, 5) is 0. The molecule has 0 spiro atoms. The third-order valence-electron chi connectivity index (χ3n) is 0. The van der Waals surface area contributed by atoms with Gasteiger partial charge in [-0.25, -0.2) is 0 Å². The second-order valence-electron chi connectivity index (χ2n) is 0. The van der Waals surface area contributed by atoms with Gasteiger partial charge >= 0.3 is 0 Å². The number of aliphatic hydroxyl groups excluding tert-OH is 1. The zero-order chi connectivity index (χ0) is 2.00. The molecule has 0 amide bonds. The molecule has 1 nitrogen and oxygen atoms in total. The largest absolute Gasteiger partial charge is 0.400 e. The molecule has 1 N–H and O–H groups in total. The van der Waals surface area contributed by atoms with E-state index in [4.69, 9.17) is 5.11 Å². The zero-order valence-electron chi connectivity index (χ0n) is 2.75. The van der Waals surface area contributed by atoms with E-state index >= 15 is 0 Å². The van der Waals surface area contributed by atoms with Crippen LogP contribution in [0, 0.1) is 0 Å². The second-order valence-corrected chi connectivity index (χ2v) is 0. The fourth-order valence-electron chi connectivity index (χ4n) is 0. The van der Waals surface area contributed by atoms with Crippen molar-refractivity contribution in [3.8, 4) is 0 Å². The van der Waals surface area contributed by atoms with Crippen LogP contribution in [0.25, 0.3) is 0 Å². The van der Waals surface area contributed by atoms with Crippen LogP contribution in [-0.2, 0) is 58.2 Å². The fraction of sp³-hybridized carbons (Fsp3) is 1.00. The van der Waals surface area contributed by atoms with Gasteiger partial charge in [0.1, 0.15) is 0 Å². The summed E-state index contributed by atoms with van der Waals surface area (Å²) in [6, 6.07) is 0. The van der Waals surface area contributed by atoms with Crippen molar-refractivity contribution in [1.29, 1.82) is 0 Å². The normalized spacial score (nSPS) is 1.20. The first kappa shape index (κ1) is 29.1. The Bertz CT molecular complexity index is 9.61. The predicted molar refractivity (Wildman–Crippen MR) is 8.14 cm³/mol. The van der Waals surface area contributed by atoms with Crippen LogP contribution in [0.4, 0.5) is 0 Å². The molecule has 0 aromatic rings. The molecule has 0 bridgehead atoms. The minimum Gasteiger partial charge on any atom is -0.400 e. The van der Waals surface area contributed by atoms with Crippen molar-refractivity contribution in [2.24, 2.45) is 0 Å². The maximum Gasteiger partial charge on any atom is 0.0319 e. The molecule has 0 fully saturated rings. The summed E-state index contributed by atoms with van der Waals surface area (Å²) >= 11 is 0. The van der Waals surface area contributed by atoms with E-state index in [1.807, 2.05) is 0 Å². The first-order chi connectivity index (χ1) is 1.00. The predicted octanol–water partition coefficient (Wildman–Crippen LogP) is -0.399. The van der Waals surface area contributed by atoms with Gasteiger partial charge in [-0.15, -0.1) is 0 Å². The molecule has 0 saturated carbocycles. The minimum absolute atomic E-state index is 0. The Kier molecular flexibility index (Phi) is 238. The first-order valence-corrected chi connectivity index (χ1v) is 0.447. The van der Waals surface area contributed by atoms with Crippen molar-refractivity contribution in [2.45, 2.75) is 0 Å². The van der Waals surface area contributed by atoms with E-state index < -0.39 is 0 Å². The van der Waals surface area contributed by atoms with Gasteiger partial charge in [0.25, 0.3) is 0 Å². The van der Waals surface area contributed by atoms with E-state index in [2.05, 4.69) is 0 Å². The number of rotatable bonds is 0. The molecule has 30 valence electrons. The van der Waals surface area contributed by atoms with E-state index in [0.717, 1.165) is 7.11 Å². The molecule has 5 heavy (non-hydrogen) atoms. The number of hydrogen-bond acceptors (Lipinski definition) is 1. The van der Waals surface area contributed by atoms with Gasteiger partial charge in [-0.3, -0.25) is 0 Å². The molecule has 0 aliphatic heterocycles. The molecular weight excluding hydrogens is 314 g/mol. The summed E-state index contributed by atoms with van der Waals surface area (Å²) in [5.41, 5.74) is 0. The van der Waals surface area contributed by atoms with Crippen LogP contribution in [0.15, 0.2) is 0 Å². The molecule has 0 aliphatic rings. The van der Waals surface area contributed by atoms with E-state index in [1.165, 1.54) is 0 Å². The van der Waals surface area contributed by atoms with Crippen molar-refractivity contribution in [3.05, 3.63) is 0 Å².